The molecule has 1 spiro atoms. The second-order valence-electron chi connectivity index (χ2n) is 7.90. The minimum atomic E-state index is -0.631. The first-order valence-electron chi connectivity index (χ1n) is 8.70. The lowest BCUT2D eigenvalue weighted by Crippen LogP contribution is -2.39. The van der Waals surface area contributed by atoms with Gasteiger partial charge >= 0.3 is 5.97 Å². The first kappa shape index (κ1) is 14.9. The van der Waals surface area contributed by atoms with Gasteiger partial charge < -0.3 is 4.74 Å². The summed E-state index contributed by atoms with van der Waals surface area (Å²) in [6.45, 7) is 1.97. The molecule has 5 nitrogen and oxygen atoms in total. The van der Waals surface area contributed by atoms with Crippen LogP contribution in [0.3, 0.4) is 0 Å². The van der Waals surface area contributed by atoms with E-state index in [-0.39, 0.29) is 35.0 Å². The highest BCUT2D eigenvalue weighted by molar-refractivity contribution is 6.24. The van der Waals surface area contributed by atoms with Crippen molar-refractivity contribution in [3.05, 3.63) is 42.0 Å². The number of carbonyl (C=O) groups is 3. The Hall–Kier alpha value is -2.43. The third-order valence-corrected chi connectivity index (χ3v) is 6.97. The summed E-state index contributed by atoms with van der Waals surface area (Å²) >= 11 is 0. The minimum Gasteiger partial charge on any atom is -0.465 e. The number of fused-ring (bicyclic) bond motifs is 3. The quantitative estimate of drug-likeness (QED) is 0.473. The van der Waals surface area contributed by atoms with E-state index < -0.39 is 11.4 Å². The summed E-state index contributed by atoms with van der Waals surface area (Å²) in [4.78, 5) is 39.3. The normalized spacial score (nSPS) is 36.2. The number of nitrogens with zero attached hydrogens (tertiary/aromatic N) is 1. The van der Waals surface area contributed by atoms with Crippen LogP contribution in [0.5, 0.6) is 0 Å². The Morgan fingerprint density at radius 3 is 2.40 bits per heavy atom. The number of imide groups is 1. The van der Waals surface area contributed by atoms with Crippen molar-refractivity contribution >= 4 is 23.5 Å². The van der Waals surface area contributed by atoms with E-state index in [1.54, 1.807) is 24.3 Å². The fraction of sp³-hybridized carbons (Fsp3) is 0.450. The van der Waals surface area contributed by atoms with Gasteiger partial charge in [0.1, 0.15) is 0 Å². The average molecular weight is 337 g/mol. The van der Waals surface area contributed by atoms with Crippen LogP contribution in [0.15, 0.2) is 36.4 Å². The molecule has 1 heterocycles. The summed E-state index contributed by atoms with van der Waals surface area (Å²) in [6, 6.07) is 6.48. The number of methoxy groups -OCH3 is 1. The number of ether oxygens (including phenoxy) is 1. The van der Waals surface area contributed by atoms with Crippen LogP contribution in [0.2, 0.25) is 0 Å². The van der Waals surface area contributed by atoms with Gasteiger partial charge in [-0.1, -0.05) is 12.2 Å². The van der Waals surface area contributed by atoms with Gasteiger partial charge in [-0.15, -0.1) is 0 Å². The van der Waals surface area contributed by atoms with Gasteiger partial charge in [-0.05, 0) is 61.3 Å². The standard InChI is InChI=1S/C20H19NO4/c1-19-14-8-7-13(20(14)9-10-20)15(19)16(22)21(18(19)24)12-5-3-11(4-6-12)17(23)25-2/h3-8,13-15H,9-10H2,1-2H3/t13-,14-,15-,19+/m1/s1. The van der Waals surface area contributed by atoms with E-state index in [2.05, 4.69) is 12.2 Å². The molecule has 25 heavy (non-hydrogen) atoms. The molecule has 5 rings (SSSR count). The maximum absolute atomic E-state index is 13.3. The molecular formula is C20H19NO4. The molecule has 4 aliphatic rings. The maximum Gasteiger partial charge on any atom is 0.337 e. The van der Waals surface area contributed by atoms with Gasteiger partial charge in [-0.25, -0.2) is 9.69 Å². The molecule has 128 valence electrons. The van der Waals surface area contributed by atoms with Crippen molar-refractivity contribution in [3.8, 4) is 0 Å². The molecule has 0 aromatic heterocycles. The molecular weight excluding hydrogens is 318 g/mol. The van der Waals surface area contributed by atoms with E-state index >= 15 is 0 Å². The van der Waals surface area contributed by atoms with Gasteiger partial charge in [0.15, 0.2) is 0 Å². The van der Waals surface area contributed by atoms with Gasteiger partial charge in [0.25, 0.3) is 0 Å². The molecule has 1 aromatic rings. The Kier molecular flexibility index (Phi) is 2.61. The monoisotopic (exact) mass is 337 g/mol. The van der Waals surface area contributed by atoms with Crippen LogP contribution in [0.25, 0.3) is 0 Å². The second kappa shape index (κ2) is 4.40. The third kappa shape index (κ3) is 1.53. The van der Waals surface area contributed by atoms with E-state index in [4.69, 9.17) is 4.74 Å². The number of rotatable bonds is 2. The Balaban J connectivity index is 1.53. The summed E-state index contributed by atoms with van der Waals surface area (Å²) in [5.41, 5.74) is 0.470. The number of carbonyl (C=O) groups excluding carboxylic acids is 3. The molecule has 2 saturated carbocycles. The lowest BCUT2D eigenvalue weighted by atomic mass is 9.71. The van der Waals surface area contributed by atoms with Crippen LogP contribution in [-0.2, 0) is 14.3 Å². The predicted octanol–water partition coefficient (Wildman–Crippen LogP) is 2.56. The molecule has 2 bridgehead atoms. The SMILES string of the molecule is COC(=O)c1ccc(N2C(=O)[C@H]3[C@H]4C=C[C@@H](C45CC5)[C@]3(C)C2=O)cc1. The fourth-order valence-corrected chi connectivity index (χ4v) is 5.68. The molecule has 1 aliphatic heterocycles. The molecule has 0 radical (unpaired) electrons. The lowest BCUT2D eigenvalue weighted by Gasteiger charge is -2.29. The van der Waals surface area contributed by atoms with Crippen molar-refractivity contribution in [2.75, 3.05) is 12.0 Å². The van der Waals surface area contributed by atoms with Gasteiger partial charge in [0, 0.05) is 0 Å². The van der Waals surface area contributed by atoms with E-state index in [0.717, 1.165) is 12.8 Å². The van der Waals surface area contributed by atoms with Crippen LogP contribution in [0.4, 0.5) is 5.69 Å². The molecule has 0 unspecified atom stereocenters. The number of esters is 1. The maximum atomic E-state index is 13.3. The Labute approximate surface area is 145 Å². The summed E-state index contributed by atoms with van der Waals surface area (Å²) in [6.07, 6.45) is 6.58. The number of benzene rings is 1. The summed E-state index contributed by atoms with van der Waals surface area (Å²) in [7, 11) is 1.32. The van der Waals surface area contributed by atoms with E-state index in [0.29, 0.717) is 11.3 Å². The number of allylic oxidation sites excluding steroid dienone is 2. The highest BCUT2D eigenvalue weighted by Crippen LogP contribution is 2.77. The topological polar surface area (TPSA) is 63.7 Å². The highest BCUT2D eigenvalue weighted by atomic mass is 16.5. The van der Waals surface area contributed by atoms with Crippen LogP contribution in [-0.4, -0.2) is 24.9 Å². The number of anilines is 1. The second-order valence-corrected chi connectivity index (χ2v) is 7.90. The van der Waals surface area contributed by atoms with E-state index in [9.17, 15) is 14.4 Å². The molecule has 5 heteroatoms. The van der Waals surface area contributed by atoms with E-state index in [1.165, 1.54) is 12.0 Å². The Bertz CT molecular complexity index is 851. The Morgan fingerprint density at radius 1 is 1.16 bits per heavy atom. The van der Waals surface area contributed by atoms with E-state index in [1.807, 2.05) is 6.92 Å². The van der Waals surface area contributed by atoms with Gasteiger partial charge in [0.05, 0.1) is 29.7 Å². The van der Waals surface area contributed by atoms with Crippen LogP contribution in [0.1, 0.15) is 30.1 Å². The lowest BCUT2D eigenvalue weighted by molar-refractivity contribution is -0.127. The smallest absolute Gasteiger partial charge is 0.337 e. The molecule has 0 N–H and O–H groups in total. The highest BCUT2D eigenvalue weighted by Gasteiger charge is 2.78. The first-order chi connectivity index (χ1) is 11.9. The Morgan fingerprint density at radius 2 is 1.84 bits per heavy atom. The number of hydrogen-bond donors (Lipinski definition) is 0. The van der Waals surface area contributed by atoms with Crippen molar-refractivity contribution < 1.29 is 19.1 Å². The number of amides is 2. The molecule has 1 aromatic carbocycles. The summed E-state index contributed by atoms with van der Waals surface area (Å²) in [5.74, 6) is -0.521. The van der Waals surface area contributed by atoms with Crippen molar-refractivity contribution in [3.63, 3.8) is 0 Å². The van der Waals surface area contributed by atoms with Crippen molar-refractivity contribution in [2.45, 2.75) is 19.8 Å². The van der Waals surface area contributed by atoms with Crippen LogP contribution < -0.4 is 4.90 Å². The zero-order valence-electron chi connectivity index (χ0n) is 14.2. The van der Waals surface area contributed by atoms with Crippen molar-refractivity contribution in [1.29, 1.82) is 0 Å². The summed E-state index contributed by atoms with van der Waals surface area (Å²) < 4.78 is 4.69. The molecule has 3 aliphatic carbocycles. The predicted molar refractivity (Wildman–Crippen MR) is 89.7 cm³/mol. The van der Waals surface area contributed by atoms with Crippen LogP contribution in [0, 0.1) is 28.6 Å². The average Bonchev–Trinajstić information content (AvgIpc) is 3.23. The molecule has 1 saturated heterocycles. The van der Waals surface area contributed by atoms with Gasteiger partial charge in [-0.2, -0.15) is 0 Å². The third-order valence-electron chi connectivity index (χ3n) is 6.97. The zero-order valence-corrected chi connectivity index (χ0v) is 14.2. The molecule has 4 atom stereocenters. The molecule has 2 amide bonds. The largest absolute Gasteiger partial charge is 0.465 e. The van der Waals surface area contributed by atoms with Gasteiger partial charge in [0.2, 0.25) is 11.8 Å². The minimum absolute atomic E-state index is 0.0959. The van der Waals surface area contributed by atoms with Crippen molar-refractivity contribution in [1.82, 2.24) is 0 Å². The first-order valence-corrected chi connectivity index (χ1v) is 8.70. The van der Waals surface area contributed by atoms with Gasteiger partial charge in [-0.3, -0.25) is 9.59 Å². The molecule has 3 fully saturated rings. The number of hydrogen-bond acceptors (Lipinski definition) is 4. The van der Waals surface area contributed by atoms with Crippen LogP contribution >= 0.6 is 0 Å². The fourth-order valence-electron chi connectivity index (χ4n) is 5.68. The van der Waals surface area contributed by atoms with Crippen molar-refractivity contribution in [2.24, 2.45) is 28.6 Å². The summed E-state index contributed by atoms with van der Waals surface area (Å²) in [5, 5.41) is 0. The zero-order chi connectivity index (χ0) is 17.6.